The number of aromatic nitrogens is 1. The van der Waals surface area contributed by atoms with Crippen molar-refractivity contribution in [2.24, 2.45) is 5.73 Å². The zero-order valence-electron chi connectivity index (χ0n) is 12.4. The van der Waals surface area contributed by atoms with E-state index in [4.69, 9.17) is 10.7 Å². The van der Waals surface area contributed by atoms with Gasteiger partial charge in [-0.2, -0.15) is 0 Å². The van der Waals surface area contributed by atoms with Crippen molar-refractivity contribution in [3.8, 4) is 0 Å². The summed E-state index contributed by atoms with van der Waals surface area (Å²) in [5.41, 5.74) is 7.44. The molecule has 0 aromatic carbocycles. The number of hydrogen-bond acceptors (Lipinski definition) is 5. The maximum atomic E-state index is 6.19. The van der Waals surface area contributed by atoms with Crippen LogP contribution in [0.4, 0.5) is 5.13 Å². The number of aryl methyl sites for hydroxylation is 1. The molecular formula is C14H26N4S. The van der Waals surface area contributed by atoms with Crippen molar-refractivity contribution >= 4 is 16.5 Å². The summed E-state index contributed by atoms with van der Waals surface area (Å²) >= 11 is 1.81. The van der Waals surface area contributed by atoms with Crippen LogP contribution in [0.5, 0.6) is 0 Å². The Labute approximate surface area is 120 Å². The summed E-state index contributed by atoms with van der Waals surface area (Å²) in [6.07, 6.45) is 4.58. The first-order valence-corrected chi connectivity index (χ1v) is 8.08. The van der Waals surface area contributed by atoms with Crippen molar-refractivity contribution in [3.63, 3.8) is 0 Å². The van der Waals surface area contributed by atoms with E-state index in [2.05, 4.69) is 30.8 Å². The number of rotatable bonds is 6. The predicted octanol–water partition coefficient (Wildman–Crippen LogP) is 2.26. The second kappa shape index (κ2) is 6.68. The summed E-state index contributed by atoms with van der Waals surface area (Å²) in [5, 5.41) is 1.17. The van der Waals surface area contributed by atoms with E-state index in [0.717, 1.165) is 32.5 Å². The number of hydrogen-bond donors (Lipinski definition) is 1. The summed E-state index contributed by atoms with van der Waals surface area (Å²) in [5.74, 6) is 0. The van der Waals surface area contributed by atoms with Crippen LogP contribution in [0.3, 0.4) is 0 Å². The minimum absolute atomic E-state index is 0.218. The molecule has 1 heterocycles. The third-order valence-electron chi connectivity index (χ3n) is 3.67. The lowest BCUT2D eigenvalue weighted by atomic mass is 9.99. The van der Waals surface area contributed by atoms with Crippen LogP contribution in [-0.4, -0.2) is 43.6 Å². The molecular weight excluding hydrogens is 256 g/mol. The van der Waals surface area contributed by atoms with E-state index < -0.39 is 0 Å². The third kappa shape index (κ3) is 3.68. The van der Waals surface area contributed by atoms with Crippen LogP contribution in [0.25, 0.3) is 0 Å². The molecule has 1 aromatic rings. The molecule has 0 amide bonds. The summed E-state index contributed by atoms with van der Waals surface area (Å²) in [4.78, 5) is 10.8. The van der Waals surface area contributed by atoms with Gasteiger partial charge < -0.3 is 15.5 Å². The maximum absolute atomic E-state index is 6.19. The lowest BCUT2D eigenvalue weighted by molar-refractivity contribution is 0.400. The molecule has 2 N–H and O–H groups in total. The molecule has 1 aliphatic rings. The fraction of sp³-hybridized carbons (Fsp3) is 0.786. The van der Waals surface area contributed by atoms with Crippen molar-refractivity contribution in [3.05, 3.63) is 10.6 Å². The van der Waals surface area contributed by atoms with Gasteiger partial charge in [-0.1, -0.05) is 11.3 Å². The highest BCUT2D eigenvalue weighted by molar-refractivity contribution is 7.15. The number of anilines is 1. The van der Waals surface area contributed by atoms with Gasteiger partial charge in [-0.15, -0.1) is 0 Å². The molecule has 0 spiro atoms. The van der Waals surface area contributed by atoms with Gasteiger partial charge in [-0.25, -0.2) is 4.98 Å². The van der Waals surface area contributed by atoms with E-state index >= 15 is 0 Å². The first-order valence-electron chi connectivity index (χ1n) is 7.26. The van der Waals surface area contributed by atoms with Gasteiger partial charge >= 0.3 is 0 Å². The molecule has 19 heavy (non-hydrogen) atoms. The molecule has 0 radical (unpaired) electrons. The highest BCUT2D eigenvalue weighted by atomic mass is 32.1. The molecule has 1 aliphatic carbocycles. The Balaban J connectivity index is 2.02. The smallest absolute Gasteiger partial charge is 0.185 e. The summed E-state index contributed by atoms with van der Waals surface area (Å²) in [6, 6.07) is 0.218. The van der Waals surface area contributed by atoms with E-state index in [1.807, 2.05) is 11.3 Å². The van der Waals surface area contributed by atoms with Gasteiger partial charge in [0.25, 0.3) is 0 Å². The minimum atomic E-state index is 0.218. The van der Waals surface area contributed by atoms with Gasteiger partial charge in [0, 0.05) is 24.0 Å². The summed E-state index contributed by atoms with van der Waals surface area (Å²) in [7, 11) is 4.24. The summed E-state index contributed by atoms with van der Waals surface area (Å²) in [6.45, 7) is 5.43. The second-order valence-corrected chi connectivity index (χ2v) is 6.55. The van der Waals surface area contributed by atoms with E-state index in [0.29, 0.717) is 0 Å². The van der Waals surface area contributed by atoms with Gasteiger partial charge in [0.2, 0.25) is 0 Å². The Bertz CT molecular complexity index is 402. The SMILES string of the molecule is CCN(CCCN(C)C)c1nc2c(s1)C(N)CCC2. The highest BCUT2D eigenvalue weighted by Gasteiger charge is 2.23. The Morgan fingerprint density at radius 1 is 1.37 bits per heavy atom. The molecule has 1 unspecified atom stereocenters. The molecule has 4 nitrogen and oxygen atoms in total. The first-order chi connectivity index (χ1) is 9.11. The molecule has 5 heteroatoms. The molecule has 0 saturated carbocycles. The van der Waals surface area contributed by atoms with Gasteiger partial charge in [0.1, 0.15) is 0 Å². The molecule has 0 fully saturated rings. The zero-order chi connectivity index (χ0) is 13.8. The number of nitrogens with zero attached hydrogens (tertiary/aromatic N) is 3. The van der Waals surface area contributed by atoms with Crippen molar-refractivity contribution in [2.75, 3.05) is 38.6 Å². The number of fused-ring (bicyclic) bond motifs is 1. The van der Waals surface area contributed by atoms with Crippen molar-refractivity contribution < 1.29 is 0 Å². The molecule has 1 aromatic heterocycles. The standard InChI is InChI=1S/C14H26N4S/c1-4-18(10-6-9-17(2)3)14-16-12-8-5-7-11(15)13(12)19-14/h11H,4-10,15H2,1-3H3. The topological polar surface area (TPSA) is 45.4 Å². The predicted molar refractivity (Wildman–Crippen MR) is 83.0 cm³/mol. The second-order valence-electron chi connectivity index (χ2n) is 5.54. The largest absolute Gasteiger partial charge is 0.348 e. The van der Waals surface area contributed by atoms with Crippen LogP contribution >= 0.6 is 11.3 Å². The van der Waals surface area contributed by atoms with Crippen LogP contribution in [0, 0.1) is 0 Å². The minimum Gasteiger partial charge on any atom is -0.348 e. The van der Waals surface area contributed by atoms with Crippen molar-refractivity contribution in [1.82, 2.24) is 9.88 Å². The monoisotopic (exact) mass is 282 g/mol. The van der Waals surface area contributed by atoms with Crippen LogP contribution in [0.15, 0.2) is 0 Å². The first kappa shape index (κ1) is 14.8. The zero-order valence-corrected chi connectivity index (χ0v) is 13.2. The molecule has 0 aliphatic heterocycles. The lowest BCUT2D eigenvalue weighted by Crippen LogP contribution is -2.26. The molecule has 0 saturated heterocycles. The van der Waals surface area contributed by atoms with E-state index in [1.165, 1.54) is 28.5 Å². The molecule has 108 valence electrons. The van der Waals surface area contributed by atoms with E-state index in [-0.39, 0.29) is 6.04 Å². The number of nitrogens with two attached hydrogens (primary N) is 1. The Morgan fingerprint density at radius 3 is 2.79 bits per heavy atom. The van der Waals surface area contributed by atoms with E-state index in [1.54, 1.807) is 0 Å². The summed E-state index contributed by atoms with van der Waals surface area (Å²) < 4.78 is 0. The third-order valence-corrected chi connectivity index (χ3v) is 4.96. The van der Waals surface area contributed by atoms with E-state index in [9.17, 15) is 0 Å². The van der Waals surface area contributed by atoms with Gasteiger partial charge in [-0.05, 0) is 53.2 Å². The van der Waals surface area contributed by atoms with Crippen molar-refractivity contribution in [1.29, 1.82) is 0 Å². The lowest BCUT2D eigenvalue weighted by Gasteiger charge is -2.20. The molecule has 0 bridgehead atoms. The van der Waals surface area contributed by atoms with Crippen LogP contribution in [0.2, 0.25) is 0 Å². The Morgan fingerprint density at radius 2 is 2.16 bits per heavy atom. The highest BCUT2D eigenvalue weighted by Crippen LogP contribution is 2.36. The normalized spacial score (nSPS) is 18.7. The number of thiazole rings is 1. The van der Waals surface area contributed by atoms with Gasteiger partial charge in [-0.3, -0.25) is 0 Å². The van der Waals surface area contributed by atoms with Gasteiger partial charge in [0.15, 0.2) is 5.13 Å². The average Bonchev–Trinajstić information content (AvgIpc) is 2.79. The van der Waals surface area contributed by atoms with Crippen molar-refractivity contribution in [2.45, 2.75) is 38.6 Å². The van der Waals surface area contributed by atoms with Crippen LogP contribution < -0.4 is 10.6 Å². The Kier molecular flexibility index (Phi) is 5.19. The molecule has 2 rings (SSSR count). The van der Waals surface area contributed by atoms with Crippen LogP contribution in [0.1, 0.15) is 42.8 Å². The average molecular weight is 282 g/mol. The fourth-order valence-corrected chi connectivity index (χ4v) is 3.78. The van der Waals surface area contributed by atoms with Gasteiger partial charge in [0.05, 0.1) is 5.69 Å². The fourth-order valence-electron chi connectivity index (χ4n) is 2.54. The Hall–Kier alpha value is -0.650. The quantitative estimate of drug-likeness (QED) is 0.869. The molecule has 1 atom stereocenters. The van der Waals surface area contributed by atoms with Crippen LogP contribution in [-0.2, 0) is 6.42 Å². The maximum Gasteiger partial charge on any atom is 0.185 e.